The molecule has 2 aromatic rings. The second-order valence-electron chi connectivity index (χ2n) is 6.40. The van der Waals surface area contributed by atoms with E-state index in [9.17, 15) is 4.79 Å². The van der Waals surface area contributed by atoms with Crippen molar-refractivity contribution in [3.8, 4) is 5.88 Å². The first-order valence-electron chi connectivity index (χ1n) is 9.37. The number of carbonyl (C=O) groups excluding carboxylic acids is 1. The first-order valence-corrected chi connectivity index (χ1v) is 9.37. The zero-order chi connectivity index (χ0) is 20.4. The lowest BCUT2D eigenvalue weighted by Crippen LogP contribution is -2.38. The Kier molecular flexibility index (Phi) is 8.27. The van der Waals surface area contributed by atoms with Crippen molar-refractivity contribution in [3.63, 3.8) is 0 Å². The molecule has 0 spiro atoms. The lowest BCUT2D eigenvalue weighted by molar-refractivity contribution is 0.0827. The summed E-state index contributed by atoms with van der Waals surface area (Å²) in [5.41, 5.74) is 2.77. The van der Waals surface area contributed by atoms with Gasteiger partial charge in [0.05, 0.1) is 6.61 Å². The van der Waals surface area contributed by atoms with E-state index in [0.717, 1.165) is 17.5 Å². The van der Waals surface area contributed by atoms with Crippen LogP contribution < -0.4 is 15.4 Å². The molecule has 28 heavy (non-hydrogen) atoms. The van der Waals surface area contributed by atoms with Crippen molar-refractivity contribution in [2.75, 3.05) is 34.3 Å². The molecule has 150 valence electrons. The highest BCUT2D eigenvalue weighted by atomic mass is 16.5. The van der Waals surface area contributed by atoms with Crippen molar-refractivity contribution in [2.45, 2.75) is 19.9 Å². The summed E-state index contributed by atoms with van der Waals surface area (Å²) in [6, 6.07) is 11.6. The van der Waals surface area contributed by atoms with Gasteiger partial charge < -0.3 is 20.3 Å². The highest BCUT2D eigenvalue weighted by Crippen LogP contribution is 2.13. The number of nitrogens with one attached hydrogen (secondary N) is 2. The molecule has 0 radical (unpaired) electrons. The van der Waals surface area contributed by atoms with Gasteiger partial charge in [0.2, 0.25) is 5.88 Å². The topological polar surface area (TPSA) is 78.8 Å². The van der Waals surface area contributed by atoms with Crippen LogP contribution in [0.25, 0.3) is 0 Å². The summed E-state index contributed by atoms with van der Waals surface area (Å²) in [5, 5.41) is 6.57. The zero-order valence-corrected chi connectivity index (χ0v) is 17.0. The third kappa shape index (κ3) is 6.26. The van der Waals surface area contributed by atoms with Gasteiger partial charge in [0, 0.05) is 51.6 Å². The molecule has 1 aromatic carbocycles. The number of rotatable bonds is 8. The average molecular weight is 383 g/mol. The van der Waals surface area contributed by atoms with E-state index in [1.165, 1.54) is 0 Å². The fourth-order valence-corrected chi connectivity index (χ4v) is 2.67. The standard InChI is InChI=1S/C21H29N5O2/c1-5-28-19-18(10-7-12-23-19)15-25-21(22-2)24-13-11-16-8-6-9-17(14-16)20(27)26(3)4/h6-10,12,14H,5,11,13,15H2,1-4H3,(H2,22,24,25). The second kappa shape index (κ2) is 10.9. The van der Waals surface area contributed by atoms with E-state index in [4.69, 9.17) is 4.74 Å². The Bertz CT molecular complexity index is 805. The van der Waals surface area contributed by atoms with Gasteiger partial charge in [0.25, 0.3) is 5.91 Å². The summed E-state index contributed by atoms with van der Waals surface area (Å²) in [7, 11) is 5.25. The number of amides is 1. The molecular formula is C21H29N5O2. The van der Waals surface area contributed by atoms with Crippen molar-refractivity contribution >= 4 is 11.9 Å². The minimum atomic E-state index is 0.00820. The fourth-order valence-electron chi connectivity index (χ4n) is 2.67. The van der Waals surface area contributed by atoms with Crippen molar-refractivity contribution in [1.82, 2.24) is 20.5 Å². The predicted octanol–water partition coefficient (Wildman–Crippen LogP) is 2.09. The number of aliphatic imine (C=N–C) groups is 1. The number of benzene rings is 1. The van der Waals surface area contributed by atoms with Gasteiger partial charge in [-0.2, -0.15) is 0 Å². The third-order valence-corrected chi connectivity index (χ3v) is 4.09. The number of hydrogen-bond donors (Lipinski definition) is 2. The fraction of sp³-hybridized carbons (Fsp3) is 0.381. The van der Waals surface area contributed by atoms with Crippen LogP contribution in [0.5, 0.6) is 5.88 Å². The maximum Gasteiger partial charge on any atom is 0.253 e. The molecule has 2 N–H and O–H groups in total. The number of hydrogen-bond acceptors (Lipinski definition) is 4. The first kappa shape index (κ1) is 21.2. The summed E-state index contributed by atoms with van der Waals surface area (Å²) in [5.74, 6) is 1.34. The summed E-state index contributed by atoms with van der Waals surface area (Å²) in [6.07, 6.45) is 2.50. The van der Waals surface area contributed by atoms with Crippen LogP contribution in [0.3, 0.4) is 0 Å². The molecule has 1 amide bonds. The maximum absolute atomic E-state index is 12.1. The molecule has 2 rings (SSSR count). The summed E-state index contributed by atoms with van der Waals surface area (Å²) in [6.45, 7) is 3.78. The number of aromatic nitrogens is 1. The lowest BCUT2D eigenvalue weighted by Gasteiger charge is -2.14. The second-order valence-corrected chi connectivity index (χ2v) is 6.40. The van der Waals surface area contributed by atoms with Crippen LogP contribution in [0.1, 0.15) is 28.4 Å². The van der Waals surface area contributed by atoms with Crippen LogP contribution in [0, 0.1) is 0 Å². The van der Waals surface area contributed by atoms with Crippen LogP contribution in [-0.4, -0.2) is 56.0 Å². The van der Waals surface area contributed by atoms with Gasteiger partial charge in [-0.1, -0.05) is 18.2 Å². The number of guanidine groups is 1. The Morgan fingerprint density at radius 3 is 2.75 bits per heavy atom. The number of pyridine rings is 1. The molecule has 7 nitrogen and oxygen atoms in total. The minimum Gasteiger partial charge on any atom is -0.478 e. The number of nitrogens with zero attached hydrogens (tertiary/aromatic N) is 3. The van der Waals surface area contributed by atoms with Gasteiger partial charge in [-0.3, -0.25) is 9.79 Å². The van der Waals surface area contributed by atoms with E-state index in [0.29, 0.717) is 37.1 Å². The average Bonchev–Trinajstić information content (AvgIpc) is 2.71. The van der Waals surface area contributed by atoms with Gasteiger partial charge in [-0.15, -0.1) is 0 Å². The van der Waals surface area contributed by atoms with Gasteiger partial charge in [-0.05, 0) is 37.1 Å². The van der Waals surface area contributed by atoms with Crippen LogP contribution in [-0.2, 0) is 13.0 Å². The van der Waals surface area contributed by atoms with Gasteiger partial charge >= 0.3 is 0 Å². The molecule has 0 atom stereocenters. The molecule has 7 heteroatoms. The first-order chi connectivity index (χ1) is 13.5. The van der Waals surface area contributed by atoms with Crippen LogP contribution in [0.4, 0.5) is 0 Å². The van der Waals surface area contributed by atoms with Crippen molar-refractivity contribution in [1.29, 1.82) is 0 Å². The minimum absolute atomic E-state index is 0.00820. The van der Waals surface area contributed by atoms with E-state index in [-0.39, 0.29) is 5.91 Å². The molecular weight excluding hydrogens is 354 g/mol. The maximum atomic E-state index is 12.1. The van der Waals surface area contributed by atoms with Crippen molar-refractivity contribution in [2.24, 2.45) is 4.99 Å². The van der Waals surface area contributed by atoms with Crippen molar-refractivity contribution in [3.05, 3.63) is 59.3 Å². The molecule has 0 saturated carbocycles. The Morgan fingerprint density at radius 2 is 2.04 bits per heavy atom. The predicted molar refractivity (Wildman–Crippen MR) is 112 cm³/mol. The molecule has 0 aliphatic carbocycles. The number of ether oxygens (including phenoxy) is 1. The van der Waals surface area contributed by atoms with E-state index in [2.05, 4.69) is 20.6 Å². The third-order valence-electron chi connectivity index (χ3n) is 4.09. The summed E-state index contributed by atoms with van der Waals surface area (Å²) >= 11 is 0. The van der Waals surface area contributed by atoms with Crippen LogP contribution in [0.2, 0.25) is 0 Å². The Labute approximate surface area is 166 Å². The largest absolute Gasteiger partial charge is 0.478 e. The Hall–Kier alpha value is -3.09. The quantitative estimate of drug-likeness (QED) is 0.539. The summed E-state index contributed by atoms with van der Waals surface area (Å²) in [4.78, 5) is 22.2. The van der Waals surface area contributed by atoms with Gasteiger partial charge in [0.15, 0.2) is 5.96 Å². The highest BCUT2D eigenvalue weighted by Gasteiger charge is 2.08. The Morgan fingerprint density at radius 1 is 1.21 bits per heavy atom. The molecule has 0 bridgehead atoms. The van der Waals surface area contributed by atoms with E-state index in [1.807, 2.05) is 43.3 Å². The lowest BCUT2D eigenvalue weighted by atomic mass is 10.1. The normalized spacial score (nSPS) is 11.1. The van der Waals surface area contributed by atoms with Crippen molar-refractivity contribution < 1.29 is 9.53 Å². The molecule has 0 unspecified atom stereocenters. The number of carbonyl (C=O) groups is 1. The van der Waals surface area contributed by atoms with Crippen LogP contribution >= 0.6 is 0 Å². The molecule has 0 saturated heterocycles. The van der Waals surface area contributed by atoms with Gasteiger partial charge in [-0.25, -0.2) is 4.98 Å². The van der Waals surface area contributed by atoms with E-state index in [1.54, 1.807) is 32.2 Å². The smallest absolute Gasteiger partial charge is 0.253 e. The molecule has 0 aliphatic heterocycles. The molecule has 0 aliphatic rings. The molecule has 0 fully saturated rings. The molecule has 1 aromatic heterocycles. The van der Waals surface area contributed by atoms with E-state index >= 15 is 0 Å². The van der Waals surface area contributed by atoms with E-state index < -0.39 is 0 Å². The van der Waals surface area contributed by atoms with Gasteiger partial charge in [0.1, 0.15) is 0 Å². The highest BCUT2D eigenvalue weighted by molar-refractivity contribution is 5.94. The zero-order valence-electron chi connectivity index (χ0n) is 17.0. The molecule has 1 heterocycles. The monoisotopic (exact) mass is 383 g/mol. The van der Waals surface area contributed by atoms with Crippen LogP contribution in [0.15, 0.2) is 47.6 Å². The Balaban J connectivity index is 1.87. The SMILES string of the molecule is CCOc1ncccc1CNC(=NC)NCCc1cccc(C(=O)N(C)C)c1. The summed E-state index contributed by atoms with van der Waals surface area (Å²) < 4.78 is 5.55.